The Bertz CT molecular complexity index is 481. The third-order valence-electron chi connectivity index (χ3n) is 3.40. The van der Waals surface area contributed by atoms with Gasteiger partial charge in [0.15, 0.2) is 6.10 Å². The fourth-order valence-corrected chi connectivity index (χ4v) is 1.98. The highest BCUT2D eigenvalue weighted by Gasteiger charge is 2.58. The van der Waals surface area contributed by atoms with Crippen molar-refractivity contribution in [3.63, 3.8) is 0 Å². The third kappa shape index (κ3) is 2.32. The maximum atomic E-state index is 11.3. The normalized spacial score (nSPS) is 16.4. The molecule has 0 bridgehead atoms. The molecule has 4 N–H and O–H groups in total. The molecule has 0 heterocycles. The Morgan fingerprint density at radius 2 is 1.58 bits per heavy atom. The van der Waals surface area contributed by atoms with E-state index in [-0.39, 0.29) is 0 Å². The molecule has 0 fully saturated rings. The second-order valence-electron chi connectivity index (χ2n) is 4.80. The lowest BCUT2D eigenvalue weighted by Crippen LogP contribution is -2.64. The Hall–Kier alpha value is -1.92. The molecule has 2 unspecified atom stereocenters. The summed E-state index contributed by atoms with van der Waals surface area (Å²) in [6.07, 6.45) is -2.44. The number of rotatable bonds is 5. The van der Waals surface area contributed by atoms with Crippen LogP contribution >= 0.6 is 0 Å². The highest BCUT2D eigenvalue weighted by atomic mass is 16.4. The fraction of sp³-hybridized carbons (Fsp3) is 0.385. The van der Waals surface area contributed by atoms with Gasteiger partial charge in [0.05, 0.1) is 0 Å². The number of hydrogen-bond acceptors (Lipinski definition) is 4. The second-order valence-corrected chi connectivity index (χ2v) is 4.80. The minimum atomic E-state index is -2.85. The molecule has 1 aromatic carbocycles. The zero-order valence-electron chi connectivity index (χ0n) is 10.6. The first kappa shape index (κ1) is 15.1. The van der Waals surface area contributed by atoms with E-state index in [1.165, 1.54) is 13.8 Å². The van der Waals surface area contributed by atoms with Gasteiger partial charge in [-0.3, -0.25) is 0 Å². The van der Waals surface area contributed by atoms with Gasteiger partial charge >= 0.3 is 11.9 Å². The number of aliphatic hydroxyl groups excluding tert-OH is 1. The molecule has 0 aromatic heterocycles. The van der Waals surface area contributed by atoms with Crippen LogP contribution in [0.15, 0.2) is 30.3 Å². The predicted octanol–water partition coefficient (Wildman–Crippen LogP) is 0.225. The Labute approximate surface area is 109 Å². The van der Waals surface area contributed by atoms with Crippen molar-refractivity contribution in [1.82, 2.24) is 0 Å². The van der Waals surface area contributed by atoms with Gasteiger partial charge in [0.25, 0.3) is 0 Å². The van der Waals surface area contributed by atoms with E-state index >= 15 is 0 Å². The minimum Gasteiger partial charge on any atom is -0.479 e. The van der Waals surface area contributed by atoms with Crippen LogP contribution in [0.1, 0.15) is 19.4 Å². The Balaban J connectivity index is 3.41. The molecule has 0 saturated carbocycles. The molecule has 0 spiro atoms. The number of carboxylic acid groups (broad SMARTS) is 2. The van der Waals surface area contributed by atoms with Crippen LogP contribution in [0, 0.1) is 0 Å². The smallest absolute Gasteiger partial charge is 0.340 e. The molecule has 0 radical (unpaired) electrons. The fourth-order valence-electron chi connectivity index (χ4n) is 1.98. The number of hydrogen-bond donors (Lipinski definition) is 4. The summed E-state index contributed by atoms with van der Waals surface area (Å²) >= 11 is 0. The molecule has 0 saturated heterocycles. The predicted molar refractivity (Wildman–Crippen MR) is 65.7 cm³/mol. The molecule has 0 aliphatic carbocycles. The summed E-state index contributed by atoms with van der Waals surface area (Å²) in [6, 6.07) is 8.08. The highest BCUT2D eigenvalue weighted by Crippen LogP contribution is 2.37. The lowest BCUT2D eigenvalue weighted by Gasteiger charge is -2.41. The van der Waals surface area contributed by atoms with Gasteiger partial charge in [0.2, 0.25) is 5.60 Å². The van der Waals surface area contributed by atoms with Crippen LogP contribution in [-0.4, -0.2) is 44.1 Å². The van der Waals surface area contributed by atoms with Crippen molar-refractivity contribution < 1.29 is 30.0 Å². The van der Waals surface area contributed by atoms with Gasteiger partial charge in [-0.25, -0.2) is 9.59 Å². The lowest BCUT2D eigenvalue weighted by molar-refractivity contribution is -0.194. The van der Waals surface area contributed by atoms with Crippen LogP contribution in [0.3, 0.4) is 0 Å². The molecule has 19 heavy (non-hydrogen) atoms. The lowest BCUT2D eigenvalue weighted by atomic mass is 9.67. The molecular formula is C13H16O6. The van der Waals surface area contributed by atoms with E-state index in [0.717, 1.165) is 0 Å². The van der Waals surface area contributed by atoms with Gasteiger partial charge in [-0.1, -0.05) is 44.2 Å². The van der Waals surface area contributed by atoms with Gasteiger partial charge < -0.3 is 20.4 Å². The molecule has 1 aromatic rings. The second kappa shape index (κ2) is 4.99. The molecule has 2 atom stereocenters. The SMILES string of the molecule is CC(C)(c1ccccc1)C(O)(C(=O)O)C(O)C(=O)O. The van der Waals surface area contributed by atoms with E-state index in [1.807, 2.05) is 0 Å². The molecule has 0 amide bonds. The Morgan fingerprint density at radius 3 is 1.95 bits per heavy atom. The zero-order chi connectivity index (χ0) is 14.8. The van der Waals surface area contributed by atoms with Gasteiger partial charge in [-0.05, 0) is 5.56 Å². The number of aliphatic carboxylic acids is 2. The van der Waals surface area contributed by atoms with Crippen molar-refractivity contribution in [2.75, 3.05) is 0 Å². The van der Waals surface area contributed by atoms with E-state index in [4.69, 9.17) is 5.11 Å². The molecule has 1 rings (SSSR count). The topological polar surface area (TPSA) is 115 Å². The van der Waals surface area contributed by atoms with Crippen molar-refractivity contribution in [2.24, 2.45) is 0 Å². The molecule has 6 nitrogen and oxygen atoms in total. The summed E-state index contributed by atoms with van der Waals surface area (Å²) in [5.74, 6) is -3.59. The van der Waals surface area contributed by atoms with Crippen molar-refractivity contribution in [2.45, 2.75) is 31.0 Å². The van der Waals surface area contributed by atoms with Gasteiger partial charge in [0.1, 0.15) is 0 Å². The average molecular weight is 268 g/mol. The first-order valence-electron chi connectivity index (χ1n) is 5.58. The largest absolute Gasteiger partial charge is 0.479 e. The standard InChI is InChI=1S/C13H16O6/c1-12(2,8-6-4-3-5-7-8)13(19,11(17)18)9(14)10(15)16/h3-7,9,14,19H,1-2H3,(H,15,16)(H,17,18). The van der Waals surface area contributed by atoms with Crippen LogP contribution in [-0.2, 0) is 15.0 Å². The summed E-state index contributed by atoms with van der Waals surface area (Å²) in [6.45, 7) is 2.73. The number of aliphatic hydroxyl groups is 2. The van der Waals surface area contributed by atoms with Gasteiger partial charge in [-0.2, -0.15) is 0 Å². The van der Waals surface area contributed by atoms with Crippen molar-refractivity contribution >= 4 is 11.9 Å². The van der Waals surface area contributed by atoms with Crippen LogP contribution < -0.4 is 0 Å². The monoisotopic (exact) mass is 268 g/mol. The number of benzene rings is 1. The molecular weight excluding hydrogens is 252 g/mol. The minimum absolute atomic E-state index is 0.403. The van der Waals surface area contributed by atoms with E-state index in [0.29, 0.717) is 5.56 Å². The van der Waals surface area contributed by atoms with Gasteiger partial charge in [-0.15, -0.1) is 0 Å². The first-order chi connectivity index (χ1) is 8.65. The number of carbonyl (C=O) groups is 2. The average Bonchev–Trinajstić information content (AvgIpc) is 2.37. The van der Waals surface area contributed by atoms with Crippen molar-refractivity contribution in [1.29, 1.82) is 0 Å². The zero-order valence-corrected chi connectivity index (χ0v) is 10.6. The van der Waals surface area contributed by atoms with E-state index in [9.17, 15) is 24.9 Å². The first-order valence-corrected chi connectivity index (χ1v) is 5.58. The molecule has 0 aliphatic rings. The molecule has 0 aliphatic heterocycles. The summed E-state index contributed by atoms with van der Waals surface area (Å²) < 4.78 is 0. The molecule has 104 valence electrons. The van der Waals surface area contributed by atoms with E-state index in [1.54, 1.807) is 30.3 Å². The Kier molecular flexibility index (Phi) is 3.97. The maximum Gasteiger partial charge on any atom is 0.340 e. The summed E-state index contributed by atoms with van der Waals surface area (Å²) in [4.78, 5) is 22.2. The summed E-state index contributed by atoms with van der Waals surface area (Å²) in [5.41, 5.74) is -3.95. The van der Waals surface area contributed by atoms with Crippen LogP contribution in [0.2, 0.25) is 0 Å². The Morgan fingerprint density at radius 1 is 1.11 bits per heavy atom. The highest BCUT2D eigenvalue weighted by molar-refractivity contribution is 5.89. The quantitative estimate of drug-likeness (QED) is 0.607. The van der Waals surface area contributed by atoms with E-state index < -0.39 is 29.1 Å². The van der Waals surface area contributed by atoms with Crippen molar-refractivity contribution in [3.05, 3.63) is 35.9 Å². The molecule has 6 heteroatoms. The summed E-state index contributed by atoms with van der Waals surface area (Å²) in [7, 11) is 0. The van der Waals surface area contributed by atoms with Crippen LogP contribution in [0.5, 0.6) is 0 Å². The third-order valence-corrected chi connectivity index (χ3v) is 3.40. The maximum absolute atomic E-state index is 11.3. The van der Waals surface area contributed by atoms with Crippen LogP contribution in [0.4, 0.5) is 0 Å². The van der Waals surface area contributed by atoms with Crippen molar-refractivity contribution in [3.8, 4) is 0 Å². The number of carboxylic acids is 2. The van der Waals surface area contributed by atoms with E-state index in [2.05, 4.69) is 0 Å². The van der Waals surface area contributed by atoms with Gasteiger partial charge in [0, 0.05) is 5.41 Å². The van der Waals surface area contributed by atoms with Crippen LogP contribution in [0.25, 0.3) is 0 Å². The summed E-state index contributed by atoms with van der Waals surface area (Å²) in [5, 5.41) is 37.8.